The lowest BCUT2D eigenvalue weighted by atomic mass is 10.2. The summed E-state index contributed by atoms with van der Waals surface area (Å²) in [5.41, 5.74) is 2.53. The number of nitrogens with zero attached hydrogens (tertiary/aromatic N) is 1. The van der Waals surface area contributed by atoms with Gasteiger partial charge in [0.25, 0.3) is 0 Å². The minimum absolute atomic E-state index is 0.272. The molecule has 0 saturated carbocycles. The number of aliphatic hydroxyl groups excluding tert-OH is 1. The van der Waals surface area contributed by atoms with Crippen LogP contribution in [0.3, 0.4) is 0 Å². The van der Waals surface area contributed by atoms with Crippen LogP contribution in [0.4, 0.5) is 5.69 Å². The summed E-state index contributed by atoms with van der Waals surface area (Å²) in [6.07, 6.45) is 2.31. The second kappa shape index (κ2) is 4.01. The molecule has 0 aromatic heterocycles. The Kier molecular flexibility index (Phi) is 2.73. The predicted molar refractivity (Wildman–Crippen MR) is 58.6 cm³/mol. The first kappa shape index (κ1) is 9.53. The van der Waals surface area contributed by atoms with Gasteiger partial charge in [0.15, 0.2) is 0 Å². The number of aryl methyl sites for hydroxylation is 1. The Labute approximate surface area is 85.2 Å². The van der Waals surface area contributed by atoms with Crippen LogP contribution in [0.15, 0.2) is 24.3 Å². The van der Waals surface area contributed by atoms with E-state index < -0.39 is 0 Å². The van der Waals surface area contributed by atoms with Crippen molar-refractivity contribution in [2.24, 2.45) is 0 Å². The number of benzene rings is 1. The molecule has 0 radical (unpaired) electrons. The monoisotopic (exact) mass is 191 g/mol. The van der Waals surface area contributed by atoms with Gasteiger partial charge in [-0.15, -0.1) is 0 Å². The van der Waals surface area contributed by atoms with E-state index in [4.69, 9.17) is 0 Å². The van der Waals surface area contributed by atoms with Gasteiger partial charge in [-0.1, -0.05) is 12.1 Å². The molecule has 0 bridgehead atoms. The van der Waals surface area contributed by atoms with Gasteiger partial charge in [0.1, 0.15) is 0 Å². The molecule has 76 valence electrons. The van der Waals surface area contributed by atoms with E-state index in [-0.39, 0.29) is 6.61 Å². The van der Waals surface area contributed by atoms with E-state index >= 15 is 0 Å². The number of rotatable bonds is 2. The average Bonchev–Trinajstić information content (AvgIpc) is 2.65. The van der Waals surface area contributed by atoms with Gasteiger partial charge in [0.2, 0.25) is 0 Å². The van der Waals surface area contributed by atoms with E-state index in [1.54, 1.807) is 0 Å². The van der Waals surface area contributed by atoms with E-state index in [1.165, 1.54) is 17.7 Å². The molecule has 1 heterocycles. The summed E-state index contributed by atoms with van der Waals surface area (Å²) in [6, 6.07) is 8.83. The summed E-state index contributed by atoms with van der Waals surface area (Å²) >= 11 is 0. The molecular formula is C12H17NO. The molecule has 1 atom stereocenters. The van der Waals surface area contributed by atoms with Gasteiger partial charge >= 0.3 is 0 Å². The first-order valence-electron chi connectivity index (χ1n) is 5.25. The maximum absolute atomic E-state index is 9.23. The Balaban J connectivity index is 2.21. The molecule has 0 unspecified atom stereocenters. The molecule has 14 heavy (non-hydrogen) atoms. The minimum Gasteiger partial charge on any atom is -0.394 e. The second-order valence-corrected chi connectivity index (χ2v) is 4.01. The van der Waals surface area contributed by atoms with Crippen LogP contribution in [0.1, 0.15) is 18.4 Å². The van der Waals surface area contributed by atoms with Crippen molar-refractivity contribution in [2.45, 2.75) is 25.8 Å². The van der Waals surface area contributed by atoms with Crippen LogP contribution in [0.5, 0.6) is 0 Å². The van der Waals surface area contributed by atoms with Crippen molar-refractivity contribution in [1.82, 2.24) is 0 Å². The summed E-state index contributed by atoms with van der Waals surface area (Å²) in [4.78, 5) is 2.31. The smallest absolute Gasteiger partial charge is 0.0635 e. The molecule has 0 spiro atoms. The molecule has 2 heteroatoms. The molecule has 1 aliphatic rings. The quantitative estimate of drug-likeness (QED) is 0.772. The lowest BCUT2D eigenvalue weighted by Crippen LogP contribution is -2.31. The van der Waals surface area contributed by atoms with Crippen LogP contribution in [0, 0.1) is 6.92 Å². The Morgan fingerprint density at radius 1 is 1.50 bits per heavy atom. The van der Waals surface area contributed by atoms with Crippen molar-refractivity contribution in [3.05, 3.63) is 29.8 Å². The topological polar surface area (TPSA) is 23.5 Å². The third-order valence-electron chi connectivity index (χ3n) is 2.92. The summed E-state index contributed by atoms with van der Waals surface area (Å²) in [7, 11) is 0. The summed E-state index contributed by atoms with van der Waals surface area (Å²) in [6.45, 7) is 3.45. The maximum Gasteiger partial charge on any atom is 0.0635 e. The van der Waals surface area contributed by atoms with Gasteiger partial charge in [0.05, 0.1) is 12.6 Å². The van der Waals surface area contributed by atoms with Crippen LogP contribution in [0.25, 0.3) is 0 Å². The van der Waals surface area contributed by atoms with Crippen molar-refractivity contribution >= 4 is 5.69 Å². The summed E-state index contributed by atoms with van der Waals surface area (Å²) in [5, 5.41) is 9.23. The van der Waals surface area contributed by atoms with Gasteiger partial charge in [-0.25, -0.2) is 0 Å². The molecule has 1 aliphatic heterocycles. The first-order chi connectivity index (χ1) is 6.81. The number of hydrogen-bond acceptors (Lipinski definition) is 2. The van der Waals surface area contributed by atoms with Crippen molar-refractivity contribution in [3.63, 3.8) is 0 Å². The minimum atomic E-state index is 0.272. The van der Waals surface area contributed by atoms with E-state index in [1.807, 2.05) is 0 Å². The summed E-state index contributed by atoms with van der Waals surface area (Å²) < 4.78 is 0. The highest BCUT2D eigenvalue weighted by molar-refractivity contribution is 5.50. The Morgan fingerprint density at radius 3 is 3.07 bits per heavy atom. The zero-order chi connectivity index (χ0) is 9.97. The van der Waals surface area contributed by atoms with Crippen molar-refractivity contribution in [1.29, 1.82) is 0 Å². The van der Waals surface area contributed by atoms with Crippen LogP contribution in [-0.2, 0) is 0 Å². The molecule has 1 aromatic rings. The van der Waals surface area contributed by atoms with Crippen LogP contribution in [0.2, 0.25) is 0 Å². The zero-order valence-electron chi connectivity index (χ0n) is 8.61. The molecule has 1 saturated heterocycles. The SMILES string of the molecule is Cc1cccc(N2CCC[C@@H]2CO)c1. The van der Waals surface area contributed by atoms with Crippen LogP contribution < -0.4 is 4.90 Å². The third kappa shape index (κ3) is 1.75. The molecule has 1 fully saturated rings. The molecular weight excluding hydrogens is 174 g/mol. The van der Waals surface area contributed by atoms with Crippen LogP contribution >= 0.6 is 0 Å². The highest BCUT2D eigenvalue weighted by Gasteiger charge is 2.23. The van der Waals surface area contributed by atoms with Gasteiger partial charge in [-0.3, -0.25) is 0 Å². The number of hydrogen-bond donors (Lipinski definition) is 1. The van der Waals surface area contributed by atoms with Crippen molar-refractivity contribution in [2.75, 3.05) is 18.1 Å². The standard InChI is InChI=1S/C12H17NO/c1-10-4-2-5-11(8-10)13-7-3-6-12(13)9-14/h2,4-5,8,12,14H,3,6-7,9H2,1H3/t12-/m1/s1. The highest BCUT2D eigenvalue weighted by Crippen LogP contribution is 2.25. The van der Waals surface area contributed by atoms with Gasteiger partial charge in [-0.2, -0.15) is 0 Å². The van der Waals surface area contributed by atoms with Gasteiger partial charge < -0.3 is 10.0 Å². The Hall–Kier alpha value is -1.02. The fraction of sp³-hybridized carbons (Fsp3) is 0.500. The molecule has 2 rings (SSSR count). The zero-order valence-corrected chi connectivity index (χ0v) is 8.61. The highest BCUT2D eigenvalue weighted by atomic mass is 16.3. The lowest BCUT2D eigenvalue weighted by Gasteiger charge is -2.25. The van der Waals surface area contributed by atoms with E-state index in [2.05, 4.69) is 36.1 Å². The fourth-order valence-corrected chi connectivity index (χ4v) is 2.17. The van der Waals surface area contributed by atoms with Gasteiger partial charge in [0, 0.05) is 12.2 Å². The molecule has 2 nitrogen and oxygen atoms in total. The Morgan fingerprint density at radius 2 is 2.36 bits per heavy atom. The average molecular weight is 191 g/mol. The van der Waals surface area contributed by atoms with Crippen molar-refractivity contribution < 1.29 is 5.11 Å². The second-order valence-electron chi connectivity index (χ2n) is 4.01. The van der Waals surface area contributed by atoms with E-state index in [0.29, 0.717) is 6.04 Å². The molecule has 1 aromatic carbocycles. The van der Waals surface area contributed by atoms with E-state index in [9.17, 15) is 5.11 Å². The van der Waals surface area contributed by atoms with Gasteiger partial charge in [-0.05, 0) is 37.5 Å². The predicted octanol–water partition coefficient (Wildman–Crippen LogP) is 1.96. The Bertz CT molecular complexity index is 311. The molecule has 1 N–H and O–H groups in total. The number of aliphatic hydroxyl groups is 1. The summed E-state index contributed by atoms with van der Waals surface area (Å²) in [5.74, 6) is 0. The molecule has 0 aliphatic carbocycles. The number of anilines is 1. The van der Waals surface area contributed by atoms with E-state index in [0.717, 1.165) is 13.0 Å². The third-order valence-corrected chi connectivity index (χ3v) is 2.92. The van der Waals surface area contributed by atoms with Crippen molar-refractivity contribution in [3.8, 4) is 0 Å². The maximum atomic E-state index is 9.23. The normalized spacial score (nSPS) is 21.6. The van der Waals surface area contributed by atoms with Crippen LogP contribution in [-0.4, -0.2) is 24.3 Å². The largest absolute Gasteiger partial charge is 0.394 e. The lowest BCUT2D eigenvalue weighted by molar-refractivity contribution is 0.266. The molecule has 0 amide bonds. The fourth-order valence-electron chi connectivity index (χ4n) is 2.17. The first-order valence-corrected chi connectivity index (χ1v) is 5.25.